The Morgan fingerprint density at radius 2 is 1.44 bits per heavy atom. The molecule has 2 heterocycles. The topological polar surface area (TPSA) is 65.5 Å². The van der Waals surface area contributed by atoms with Crippen molar-refractivity contribution in [2.45, 2.75) is 76.4 Å². The van der Waals surface area contributed by atoms with Crippen LogP contribution in [0.1, 0.15) is 61.6 Å². The maximum Gasteiger partial charge on any atom is 0.223 e. The van der Waals surface area contributed by atoms with Gasteiger partial charge in [-0.25, -0.2) is 0 Å². The number of hydrogen-bond acceptors (Lipinski definition) is 4. The highest BCUT2D eigenvalue weighted by atomic mass is 16.3. The summed E-state index contributed by atoms with van der Waals surface area (Å²) in [5.74, 6) is 0.278. The van der Waals surface area contributed by atoms with E-state index in [1.165, 1.54) is 22.1 Å². The van der Waals surface area contributed by atoms with Crippen molar-refractivity contribution in [3.63, 3.8) is 0 Å². The number of carbonyl (C=O) groups excluding carboxylic acids is 1. The number of aryl methyl sites for hydroxylation is 3. The summed E-state index contributed by atoms with van der Waals surface area (Å²) in [6, 6.07) is 31.7. The number of pyridine rings is 1. The van der Waals surface area contributed by atoms with Crippen molar-refractivity contribution >= 4 is 16.8 Å². The summed E-state index contributed by atoms with van der Waals surface area (Å²) in [5.41, 5.74) is 4.94. The summed E-state index contributed by atoms with van der Waals surface area (Å²) < 4.78 is 0. The van der Waals surface area contributed by atoms with E-state index in [1.54, 1.807) is 0 Å². The average Bonchev–Trinajstić information content (AvgIpc) is 3.05. The lowest BCUT2D eigenvalue weighted by atomic mass is 9.92. The third-order valence-corrected chi connectivity index (χ3v) is 8.98. The van der Waals surface area contributed by atoms with E-state index in [-0.39, 0.29) is 24.0 Å². The van der Waals surface area contributed by atoms with Gasteiger partial charge in [0.1, 0.15) is 0 Å². The number of nitrogens with one attached hydrogen (secondary N) is 1. The van der Waals surface area contributed by atoms with Crippen molar-refractivity contribution in [2.24, 2.45) is 5.92 Å². The van der Waals surface area contributed by atoms with Crippen LogP contribution in [0.15, 0.2) is 97.2 Å². The minimum atomic E-state index is -0.364. The number of hydrogen-bond donors (Lipinski definition) is 2. The van der Waals surface area contributed by atoms with Crippen LogP contribution < -0.4 is 5.32 Å². The van der Waals surface area contributed by atoms with Gasteiger partial charge in [0, 0.05) is 43.2 Å². The lowest BCUT2D eigenvalue weighted by Crippen LogP contribution is -2.47. The molecule has 2 N–H and O–H groups in total. The molecule has 5 heteroatoms. The van der Waals surface area contributed by atoms with Crippen molar-refractivity contribution < 1.29 is 9.90 Å². The Bertz CT molecular complexity index is 1340. The van der Waals surface area contributed by atoms with Gasteiger partial charge in [-0.05, 0) is 93.0 Å². The third-order valence-electron chi connectivity index (χ3n) is 8.98. The van der Waals surface area contributed by atoms with E-state index in [4.69, 9.17) is 0 Å². The third kappa shape index (κ3) is 9.74. The van der Waals surface area contributed by atoms with Gasteiger partial charge in [0.2, 0.25) is 5.91 Å². The van der Waals surface area contributed by atoms with Crippen LogP contribution >= 0.6 is 0 Å². The summed E-state index contributed by atoms with van der Waals surface area (Å²) in [6.45, 7) is 2.50. The number of carbonyl (C=O) groups is 1. The van der Waals surface area contributed by atoms with Gasteiger partial charge in [-0.2, -0.15) is 0 Å². The highest BCUT2D eigenvalue weighted by Crippen LogP contribution is 2.21. The predicted octanol–water partition coefficient (Wildman–Crippen LogP) is 6.77. The second-order valence-corrected chi connectivity index (χ2v) is 12.2. The van der Waals surface area contributed by atoms with Gasteiger partial charge >= 0.3 is 0 Å². The van der Waals surface area contributed by atoms with Crippen molar-refractivity contribution in [2.75, 3.05) is 19.6 Å². The predicted molar refractivity (Wildman–Crippen MR) is 176 cm³/mol. The van der Waals surface area contributed by atoms with Crippen molar-refractivity contribution in [1.29, 1.82) is 0 Å². The zero-order valence-corrected chi connectivity index (χ0v) is 25.4. The fourth-order valence-electron chi connectivity index (χ4n) is 6.48. The van der Waals surface area contributed by atoms with Gasteiger partial charge in [0.15, 0.2) is 0 Å². The molecule has 3 aromatic carbocycles. The van der Waals surface area contributed by atoms with Crippen LogP contribution in [-0.4, -0.2) is 52.7 Å². The average molecular weight is 578 g/mol. The number of aliphatic hydroxyl groups excluding tert-OH is 1. The Labute approximate surface area is 257 Å². The van der Waals surface area contributed by atoms with E-state index >= 15 is 0 Å². The second kappa shape index (κ2) is 16.3. The van der Waals surface area contributed by atoms with Gasteiger partial charge in [-0.15, -0.1) is 0 Å². The molecule has 1 aromatic heterocycles. The molecule has 1 atom stereocenters. The number of fused-ring (bicyclic) bond motifs is 1. The molecule has 4 aromatic rings. The van der Waals surface area contributed by atoms with Crippen LogP contribution in [0.5, 0.6) is 0 Å². The fourth-order valence-corrected chi connectivity index (χ4v) is 6.48. The first-order valence-electron chi connectivity index (χ1n) is 16.3. The number of rotatable bonds is 15. The molecule has 1 aliphatic heterocycles. The minimum absolute atomic E-state index is 0.0524. The first-order chi connectivity index (χ1) is 21.1. The molecule has 1 unspecified atom stereocenters. The van der Waals surface area contributed by atoms with Gasteiger partial charge in [-0.3, -0.25) is 9.78 Å². The van der Waals surface area contributed by atoms with Crippen molar-refractivity contribution in [3.05, 3.63) is 114 Å². The smallest absolute Gasteiger partial charge is 0.223 e. The van der Waals surface area contributed by atoms with Crippen molar-refractivity contribution in [3.8, 4) is 0 Å². The lowest BCUT2D eigenvalue weighted by molar-refractivity contribution is -0.126. The summed E-state index contributed by atoms with van der Waals surface area (Å²) >= 11 is 0. The number of benzene rings is 3. The molecule has 226 valence electrons. The lowest BCUT2D eigenvalue weighted by Gasteiger charge is -2.34. The monoisotopic (exact) mass is 577 g/mol. The summed E-state index contributed by atoms with van der Waals surface area (Å²) in [4.78, 5) is 20.3. The molecule has 0 bridgehead atoms. The van der Waals surface area contributed by atoms with Gasteiger partial charge < -0.3 is 15.3 Å². The molecule has 0 radical (unpaired) electrons. The highest BCUT2D eigenvalue weighted by molar-refractivity contribution is 5.82. The first-order valence-corrected chi connectivity index (χ1v) is 16.3. The Hall–Kier alpha value is -3.54. The Morgan fingerprint density at radius 1 is 0.791 bits per heavy atom. The maximum atomic E-state index is 13.5. The number of likely N-dealkylation sites (tertiary alicyclic amines) is 1. The number of piperidine rings is 1. The second-order valence-electron chi connectivity index (χ2n) is 12.2. The zero-order valence-electron chi connectivity index (χ0n) is 25.4. The number of aliphatic hydroxyl groups is 1. The Balaban J connectivity index is 1.06. The van der Waals surface area contributed by atoms with Gasteiger partial charge in [0.25, 0.3) is 0 Å². The maximum absolute atomic E-state index is 13.5. The van der Waals surface area contributed by atoms with E-state index in [2.05, 4.69) is 88.0 Å². The molecule has 1 amide bonds. The van der Waals surface area contributed by atoms with E-state index in [0.29, 0.717) is 6.54 Å². The normalized spacial score (nSPS) is 15.1. The molecule has 5 nitrogen and oxygen atoms in total. The summed E-state index contributed by atoms with van der Waals surface area (Å²) in [5, 5.41) is 15.4. The number of aromatic nitrogens is 1. The quantitative estimate of drug-likeness (QED) is 0.164. The van der Waals surface area contributed by atoms with Crippen LogP contribution in [0.4, 0.5) is 0 Å². The number of β-amino-alcohol motifs (C(OH)–C–C–N with tert-alkyl or cyclic N) is 1. The largest absolute Gasteiger partial charge is 0.392 e. The van der Waals surface area contributed by atoms with Crippen LogP contribution in [-0.2, 0) is 24.1 Å². The molecule has 1 aliphatic rings. The Kier molecular flexibility index (Phi) is 11.7. The molecule has 0 saturated carbocycles. The van der Waals surface area contributed by atoms with E-state index in [0.717, 1.165) is 82.8 Å². The molecule has 0 aliphatic carbocycles. The highest BCUT2D eigenvalue weighted by Gasteiger charge is 2.25. The van der Waals surface area contributed by atoms with Crippen LogP contribution in [0.3, 0.4) is 0 Å². The number of nitrogens with zero attached hydrogens (tertiary/aromatic N) is 2. The van der Waals surface area contributed by atoms with Gasteiger partial charge in [0.05, 0.1) is 11.6 Å². The molecular formula is C38H47N3O2. The summed E-state index contributed by atoms with van der Waals surface area (Å²) in [6.07, 6.45) is 10.8. The van der Waals surface area contributed by atoms with Crippen molar-refractivity contribution in [1.82, 2.24) is 15.2 Å². The van der Waals surface area contributed by atoms with E-state index in [1.807, 2.05) is 24.4 Å². The zero-order chi connectivity index (χ0) is 29.7. The fraction of sp³-hybridized carbons (Fsp3) is 0.421. The molecule has 1 fully saturated rings. The standard InChI is InChI=1S/C38H47N3O2/c42-35(23-22-32-17-9-21-37-36(32)20-10-26-39-37)29-41-27-24-34(25-28-41)40-38(43)33(18-7-15-30-11-3-1-4-12-30)19-8-16-31-13-5-2-6-14-31/h1-6,9-14,17,20-21,26,33-35,42H,7-8,15-16,18-19,22-25,27-29H2,(H,40,43). The molecule has 1 saturated heterocycles. The molecule has 0 spiro atoms. The SMILES string of the molecule is O=C(NC1CCN(CC(O)CCc2cccc3ncccc23)CC1)C(CCCc1ccccc1)CCCc1ccccc1. The Morgan fingerprint density at radius 3 is 2.09 bits per heavy atom. The van der Waals surface area contributed by atoms with Gasteiger partial charge in [-0.1, -0.05) is 78.9 Å². The van der Waals surface area contributed by atoms with Crippen LogP contribution in [0.2, 0.25) is 0 Å². The molecule has 5 rings (SSSR count). The van der Waals surface area contributed by atoms with Crippen LogP contribution in [0, 0.1) is 5.92 Å². The van der Waals surface area contributed by atoms with E-state index in [9.17, 15) is 9.90 Å². The number of amides is 1. The first kappa shape index (κ1) is 30.9. The molecular weight excluding hydrogens is 530 g/mol. The van der Waals surface area contributed by atoms with Crippen LogP contribution in [0.25, 0.3) is 10.9 Å². The minimum Gasteiger partial charge on any atom is -0.392 e. The molecule has 43 heavy (non-hydrogen) atoms. The summed E-state index contributed by atoms with van der Waals surface area (Å²) in [7, 11) is 0. The van der Waals surface area contributed by atoms with E-state index < -0.39 is 0 Å².